The van der Waals surface area contributed by atoms with E-state index in [9.17, 15) is 13.9 Å². The van der Waals surface area contributed by atoms with Crippen LogP contribution in [-0.4, -0.2) is 9.94 Å². The van der Waals surface area contributed by atoms with Gasteiger partial charge in [0.05, 0.1) is 0 Å². The van der Waals surface area contributed by atoms with Crippen molar-refractivity contribution >= 4 is 31.9 Å². The molecule has 1 aromatic carbocycles. The number of alkyl halides is 3. The predicted molar refractivity (Wildman–Crippen MR) is 53.0 cm³/mol. The number of aliphatic hydroxyl groups excluding tert-OH is 1. The van der Waals surface area contributed by atoms with E-state index in [-0.39, 0.29) is 5.56 Å². The average molecular weight is 316 g/mol. The molecule has 13 heavy (non-hydrogen) atoms. The summed E-state index contributed by atoms with van der Waals surface area (Å²) in [5, 5.41) is 9.21. The molecule has 0 aromatic heterocycles. The maximum Gasteiger partial charge on any atom is 0.330 e. The van der Waals surface area contributed by atoms with Crippen molar-refractivity contribution in [1.29, 1.82) is 0 Å². The van der Waals surface area contributed by atoms with Crippen molar-refractivity contribution in [3.8, 4) is 0 Å². The maximum atomic E-state index is 12.6. The van der Waals surface area contributed by atoms with E-state index in [1.807, 2.05) is 0 Å². The van der Waals surface area contributed by atoms with Gasteiger partial charge in [-0.25, -0.2) is 0 Å². The second-order valence-corrected chi connectivity index (χ2v) is 4.38. The van der Waals surface area contributed by atoms with Gasteiger partial charge in [0.1, 0.15) is 0 Å². The summed E-state index contributed by atoms with van der Waals surface area (Å²) < 4.78 is 25.7. The number of halogens is 4. The third kappa shape index (κ3) is 2.72. The zero-order valence-electron chi connectivity index (χ0n) is 6.35. The fraction of sp³-hybridized carbons (Fsp3) is 0.250. The van der Waals surface area contributed by atoms with Gasteiger partial charge in [-0.2, -0.15) is 8.78 Å². The molecule has 1 unspecified atom stereocenters. The van der Waals surface area contributed by atoms with Crippen molar-refractivity contribution in [3.05, 3.63) is 34.3 Å². The lowest BCUT2D eigenvalue weighted by molar-refractivity contribution is -0.0298. The Balaban J connectivity index is 3.02. The molecule has 0 aliphatic carbocycles. The number of rotatable bonds is 2. The van der Waals surface area contributed by atoms with Crippen LogP contribution in [0.2, 0.25) is 0 Å². The van der Waals surface area contributed by atoms with E-state index in [0.29, 0.717) is 4.47 Å². The summed E-state index contributed by atoms with van der Waals surface area (Å²) in [5.74, 6) is 0. The average Bonchev–Trinajstić information content (AvgIpc) is 2.02. The Bertz CT molecular complexity index is 298. The van der Waals surface area contributed by atoms with E-state index in [1.54, 1.807) is 18.2 Å². The molecular formula is C8H6Br2F2O. The fourth-order valence-electron chi connectivity index (χ4n) is 0.873. The van der Waals surface area contributed by atoms with Gasteiger partial charge in [0.25, 0.3) is 0 Å². The lowest BCUT2D eigenvalue weighted by Crippen LogP contribution is -2.18. The van der Waals surface area contributed by atoms with Crippen molar-refractivity contribution < 1.29 is 13.9 Å². The molecular weight excluding hydrogens is 310 g/mol. The van der Waals surface area contributed by atoms with Crippen LogP contribution < -0.4 is 0 Å². The Hall–Kier alpha value is -0.000000000000000111. The fourth-order valence-corrected chi connectivity index (χ4v) is 1.62. The first kappa shape index (κ1) is 11.1. The molecule has 0 amide bonds. The molecule has 0 fully saturated rings. The van der Waals surface area contributed by atoms with Crippen LogP contribution in [0.3, 0.4) is 0 Å². The molecule has 0 bridgehead atoms. The van der Waals surface area contributed by atoms with E-state index in [2.05, 4.69) is 31.9 Å². The summed E-state index contributed by atoms with van der Waals surface area (Å²) >= 11 is 5.19. The van der Waals surface area contributed by atoms with E-state index in [1.165, 1.54) is 6.07 Å². The Morgan fingerprint density at radius 2 is 1.85 bits per heavy atom. The molecule has 72 valence electrons. The monoisotopic (exact) mass is 314 g/mol. The van der Waals surface area contributed by atoms with Crippen LogP contribution >= 0.6 is 31.9 Å². The first-order valence-electron chi connectivity index (χ1n) is 3.42. The summed E-state index contributed by atoms with van der Waals surface area (Å²) in [6.07, 6.45) is -1.84. The lowest BCUT2D eigenvalue weighted by atomic mass is 10.1. The quantitative estimate of drug-likeness (QED) is 0.829. The molecule has 1 aromatic rings. The molecule has 0 spiro atoms. The number of hydrogen-bond donors (Lipinski definition) is 1. The summed E-state index contributed by atoms with van der Waals surface area (Å²) in [6.45, 7) is 0. The molecule has 0 saturated heterocycles. The van der Waals surface area contributed by atoms with Gasteiger partial charge < -0.3 is 5.11 Å². The predicted octanol–water partition coefficient (Wildman–Crippen LogP) is 3.47. The van der Waals surface area contributed by atoms with Crippen LogP contribution in [0.25, 0.3) is 0 Å². The minimum Gasteiger partial charge on any atom is -0.381 e. The minimum absolute atomic E-state index is 0.157. The highest BCUT2D eigenvalue weighted by Gasteiger charge is 2.36. The highest BCUT2D eigenvalue weighted by Crippen LogP contribution is 2.38. The molecule has 0 radical (unpaired) electrons. The number of hydrogen-bond acceptors (Lipinski definition) is 1. The second kappa shape index (κ2) is 4.02. The Morgan fingerprint density at radius 1 is 1.31 bits per heavy atom. The first-order chi connectivity index (χ1) is 5.93. The smallest absolute Gasteiger partial charge is 0.330 e. The largest absolute Gasteiger partial charge is 0.381 e. The zero-order valence-corrected chi connectivity index (χ0v) is 9.52. The SMILES string of the molecule is OC(c1ccccc1Br)C(F)(F)Br. The number of aliphatic hydroxyl groups is 1. The van der Waals surface area contributed by atoms with Crippen LogP contribution in [-0.2, 0) is 0 Å². The Labute approximate surface area is 91.0 Å². The van der Waals surface area contributed by atoms with Gasteiger partial charge in [-0.15, -0.1) is 0 Å². The van der Waals surface area contributed by atoms with E-state index in [4.69, 9.17) is 0 Å². The third-order valence-electron chi connectivity index (χ3n) is 1.51. The summed E-state index contributed by atoms with van der Waals surface area (Å²) in [7, 11) is 0. The second-order valence-electron chi connectivity index (χ2n) is 2.47. The highest BCUT2D eigenvalue weighted by molar-refractivity contribution is 9.10. The van der Waals surface area contributed by atoms with E-state index >= 15 is 0 Å². The van der Waals surface area contributed by atoms with Crippen molar-refractivity contribution in [2.24, 2.45) is 0 Å². The summed E-state index contributed by atoms with van der Waals surface area (Å²) in [5.41, 5.74) is 0.157. The summed E-state index contributed by atoms with van der Waals surface area (Å²) in [6, 6.07) is 6.30. The van der Waals surface area contributed by atoms with Gasteiger partial charge in [0.2, 0.25) is 0 Å². The first-order valence-corrected chi connectivity index (χ1v) is 5.00. The molecule has 0 heterocycles. The highest BCUT2D eigenvalue weighted by atomic mass is 79.9. The van der Waals surface area contributed by atoms with Crippen molar-refractivity contribution in [2.75, 3.05) is 0 Å². The molecule has 0 aliphatic heterocycles. The van der Waals surface area contributed by atoms with Crippen molar-refractivity contribution in [3.63, 3.8) is 0 Å². The standard InChI is InChI=1S/C8H6Br2F2O/c9-6-4-2-1-3-5(6)7(13)8(10,11)12/h1-4,7,13H. The molecule has 1 rings (SSSR count). The Morgan fingerprint density at radius 3 is 2.31 bits per heavy atom. The van der Waals surface area contributed by atoms with Crippen molar-refractivity contribution in [2.45, 2.75) is 10.9 Å². The maximum absolute atomic E-state index is 12.6. The van der Waals surface area contributed by atoms with Crippen LogP contribution in [0.5, 0.6) is 0 Å². The minimum atomic E-state index is -3.31. The van der Waals surface area contributed by atoms with E-state index < -0.39 is 10.9 Å². The molecule has 1 nitrogen and oxygen atoms in total. The van der Waals surface area contributed by atoms with E-state index in [0.717, 1.165) is 0 Å². The van der Waals surface area contributed by atoms with Gasteiger partial charge in [-0.05, 0) is 22.0 Å². The molecule has 1 atom stereocenters. The summed E-state index contributed by atoms with van der Waals surface area (Å²) in [4.78, 5) is -3.31. The van der Waals surface area contributed by atoms with Gasteiger partial charge in [-0.1, -0.05) is 34.1 Å². The van der Waals surface area contributed by atoms with Gasteiger partial charge in [0.15, 0.2) is 6.10 Å². The van der Waals surface area contributed by atoms with Gasteiger partial charge in [0, 0.05) is 10.0 Å². The third-order valence-corrected chi connectivity index (χ3v) is 2.67. The number of benzene rings is 1. The zero-order chi connectivity index (χ0) is 10.1. The Kier molecular flexibility index (Phi) is 3.43. The molecule has 1 N–H and O–H groups in total. The van der Waals surface area contributed by atoms with Crippen LogP contribution in [0, 0.1) is 0 Å². The van der Waals surface area contributed by atoms with Crippen LogP contribution in [0.15, 0.2) is 28.7 Å². The van der Waals surface area contributed by atoms with Crippen molar-refractivity contribution in [1.82, 2.24) is 0 Å². The molecule has 0 aliphatic rings. The lowest BCUT2D eigenvalue weighted by Gasteiger charge is -2.17. The topological polar surface area (TPSA) is 20.2 Å². The molecule has 5 heteroatoms. The normalized spacial score (nSPS) is 14.2. The van der Waals surface area contributed by atoms with Gasteiger partial charge >= 0.3 is 4.83 Å². The van der Waals surface area contributed by atoms with Crippen LogP contribution in [0.1, 0.15) is 11.7 Å². The van der Waals surface area contributed by atoms with Crippen LogP contribution in [0.4, 0.5) is 8.78 Å². The van der Waals surface area contributed by atoms with Gasteiger partial charge in [-0.3, -0.25) is 0 Å². The molecule has 0 saturated carbocycles.